The van der Waals surface area contributed by atoms with Gasteiger partial charge in [0.15, 0.2) is 11.9 Å². The molecule has 7 heteroatoms. The van der Waals surface area contributed by atoms with Crippen LogP contribution in [-0.4, -0.2) is 33.7 Å². The lowest BCUT2D eigenvalue weighted by Gasteiger charge is -2.15. The van der Waals surface area contributed by atoms with Gasteiger partial charge in [0.2, 0.25) is 0 Å². The van der Waals surface area contributed by atoms with Crippen LogP contribution in [0, 0.1) is 13.8 Å². The molecule has 7 nitrogen and oxygen atoms in total. The predicted molar refractivity (Wildman–Crippen MR) is 109 cm³/mol. The Morgan fingerprint density at radius 1 is 0.966 bits per heavy atom. The summed E-state index contributed by atoms with van der Waals surface area (Å²) in [4.78, 5) is 45.5. The molecule has 0 fully saturated rings. The number of fused-ring (bicyclic) bond motifs is 1. The summed E-state index contributed by atoms with van der Waals surface area (Å²) < 4.78 is 5.29. The Balaban J connectivity index is 1.73. The van der Waals surface area contributed by atoms with Crippen molar-refractivity contribution in [1.29, 1.82) is 0 Å². The van der Waals surface area contributed by atoms with Crippen molar-refractivity contribution in [3.05, 3.63) is 65.0 Å². The zero-order valence-corrected chi connectivity index (χ0v) is 16.6. The number of hydrogen-bond donors (Lipinski definition) is 1. The number of Topliss-reactive ketones (excluding diaryl/α,β-unsaturated/α-hetero) is 1. The summed E-state index contributed by atoms with van der Waals surface area (Å²) in [6, 6.07) is 11.5. The van der Waals surface area contributed by atoms with E-state index in [1.807, 2.05) is 13.8 Å². The monoisotopic (exact) mass is 391 g/mol. The van der Waals surface area contributed by atoms with Crippen molar-refractivity contribution in [2.75, 3.05) is 5.32 Å². The molecule has 0 spiro atoms. The van der Waals surface area contributed by atoms with E-state index in [1.54, 1.807) is 42.5 Å². The van der Waals surface area contributed by atoms with E-state index in [-0.39, 0.29) is 11.3 Å². The van der Waals surface area contributed by atoms with E-state index in [2.05, 4.69) is 15.3 Å². The maximum absolute atomic E-state index is 12.5. The molecular weight excluding hydrogens is 370 g/mol. The largest absolute Gasteiger partial charge is 0.449 e. The van der Waals surface area contributed by atoms with E-state index in [4.69, 9.17) is 4.74 Å². The topological polar surface area (TPSA) is 98.2 Å². The molecule has 148 valence electrons. The first kappa shape index (κ1) is 20.1. The maximum atomic E-state index is 12.5. The number of nitrogens with zero attached hydrogens (tertiary/aromatic N) is 2. The summed E-state index contributed by atoms with van der Waals surface area (Å²) in [7, 11) is 0. The van der Waals surface area contributed by atoms with Crippen molar-refractivity contribution >= 4 is 34.4 Å². The standard InChI is InChI=1S/C22H21N3O4/c1-12-13(2)24-20-11-16(9-10-19(20)23-12)22(28)29-15(4)21(27)25-18-8-6-5-7-17(18)14(3)26/h5-11,15H,1-4H3,(H,25,27). The van der Waals surface area contributed by atoms with Crippen molar-refractivity contribution in [2.24, 2.45) is 0 Å². The third kappa shape index (κ3) is 4.45. The molecule has 0 aliphatic heterocycles. The molecule has 1 amide bonds. The number of aromatic nitrogens is 2. The van der Waals surface area contributed by atoms with Gasteiger partial charge in [0.05, 0.1) is 33.7 Å². The fraction of sp³-hybridized carbons (Fsp3) is 0.227. The minimum atomic E-state index is -1.05. The summed E-state index contributed by atoms with van der Waals surface area (Å²) in [6.07, 6.45) is -1.05. The number of nitrogens with one attached hydrogen (secondary N) is 1. The van der Waals surface area contributed by atoms with E-state index < -0.39 is 18.0 Å². The summed E-state index contributed by atoms with van der Waals surface area (Å²) >= 11 is 0. The van der Waals surface area contributed by atoms with Crippen molar-refractivity contribution in [3.8, 4) is 0 Å². The number of ether oxygens (including phenoxy) is 1. The molecule has 1 N–H and O–H groups in total. The number of rotatable bonds is 5. The highest BCUT2D eigenvalue weighted by atomic mass is 16.5. The Hall–Kier alpha value is -3.61. The number of aryl methyl sites for hydroxylation is 2. The van der Waals surface area contributed by atoms with Gasteiger partial charge in [-0.2, -0.15) is 0 Å². The average molecular weight is 391 g/mol. The van der Waals surface area contributed by atoms with Crippen LogP contribution in [0.5, 0.6) is 0 Å². The van der Waals surface area contributed by atoms with Crippen LogP contribution in [0.2, 0.25) is 0 Å². The molecule has 0 radical (unpaired) electrons. The second kappa shape index (κ2) is 8.18. The Morgan fingerprint density at radius 2 is 1.62 bits per heavy atom. The molecule has 1 atom stereocenters. The molecule has 3 rings (SSSR count). The third-order valence-corrected chi connectivity index (χ3v) is 4.53. The molecule has 1 unspecified atom stereocenters. The maximum Gasteiger partial charge on any atom is 0.338 e. The van der Waals surface area contributed by atoms with Crippen LogP contribution in [0.4, 0.5) is 5.69 Å². The lowest BCUT2D eigenvalue weighted by atomic mass is 10.1. The van der Waals surface area contributed by atoms with E-state index in [0.29, 0.717) is 22.3 Å². The Labute approximate surface area is 168 Å². The molecule has 1 heterocycles. The number of benzene rings is 2. The van der Waals surface area contributed by atoms with E-state index in [9.17, 15) is 14.4 Å². The molecule has 29 heavy (non-hydrogen) atoms. The van der Waals surface area contributed by atoms with Crippen LogP contribution in [0.3, 0.4) is 0 Å². The number of esters is 1. The van der Waals surface area contributed by atoms with Crippen LogP contribution in [0.15, 0.2) is 42.5 Å². The summed E-state index contributed by atoms with van der Waals surface area (Å²) in [5, 5.41) is 2.63. The summed E-state index contributed by atoms with van der Waals surface area (Å²) in [5.41, 5.74) is 3.90. The summed E-state index contributed by atoms with van der Waals surface area (Å²) in [5.74, 6) is -1.35. The van der Waals surface area contributed by atoms with Crippen LogP contribution in [0.25, 0.3) is 11.0 Å². The number of hydrogen-bond acceptors (Lipinski definition) is 6. The first-order valence-corrected chi connectivity index (χ1v) is 9.13. The second-order valence-corrected chi connectivity index (χ2v) is 6.74. The van der Waals surface area contributed by atoms with Crippen LogP contribution >= 0.6 is 0 Å². The highest BCUT2D eigenvalue weighted by molar-refractivity contribution is 6.05. The molecule has 0 saturated heterocycles. The zero-order chi connectivity index (χ0) is 21.1. The van der Waals surface area contributed by atoms with Crippen molar-refractivity contribution in [1.82, 2.24) is 9.97 Å². The van der Waals surface area contributed by atoms with Gasteiger partial charge in [0, 0.05) is 5.56 Å². The lowest BCUT2D eigenvalue weighted by Crippen LogP contribution is -2.30. The number of amides is 1. The van der Waals surface area contributed by atoms with Gasteiger partial charge in [-0.25, -0.2) is 14.8 Å². The molecular formula is C22H21N3O4. The van der Waals surface area contributed by atoms with Gasteiger partial charge in [0.1, 0.15) is 0 Å². The smallest absolute Gasteiger partial charge is 0.338 e. The fourth-order valence-electron chi connectivity index (χ4n) is 2.77. The molecule has 0 saturated carbocycles. The number of carbonyl (C=O) groups is 3. The molecule has 2 aromatic carbocycles. The number of anilines is 1. The van der Waals surface area contributed by atoms with Gasteiger partial charge in [-0.3, -0.25) is 9.59 Å². The molecule has 0 bridgehead atoms. The Bertz CT molecular complexity index is 1120. The number of carbonyl (C=O) groups excluding carboxylic acids is 3. The van der Waals surface area contributed by atoms with Crippen molar-refractivity contribution in [3.63, 3.8) is 0 Å². The Kier molecular flexibility index (Phi) is 5.68. The van der Waals surface area contributed by atoms with Gasteiger partial charge in [-0.1, -0.05) is 12.1 Å². The normalized spacial score (nSPS) is 11.7. The highest BCUT2D eigenvalue weighted by Gasteiger charge is 2.21. The number of para-hydroxylation sites is 1. The number of ketones is 1. The van der Waals surface area contributed by atoms with E-state index in [1.165, 1.54) is 13.8 Å². The van der Waals surface area contributed by atoms with Crippen LogP contribution < -0.4 is 5.32 Å². The second-order valence-electron chi connectivity index (χ2n) is 6.74. The lowest BCUT2D eigenvalue weighted by molar-refractivity contribution is -0.123. The van der Waals surface area contributed by atoms with Crippen LogP contribution in [0.1, 0.15) is 46.0 Å². The zero-order valence-electron chi connectivity index (χ0n) is 16.6. The quantitative estimate of drug-likeness (QED) is 0.527. The minimum absolute atomic E-state index is 0.173. The van der Waals surface area contributed by atoms with Gasteiger partial charge >= 0.3 is 5.97 Å². The van der Waals surface area contributed by atoms with Gasteiger partial charge < -0.3 is 10.1 Å². The SMILES string of the molecule is CC(=O)c1ccccc1NC(=O)C(C)OC(=O)c1ccc2nc(C)c(C)nc2c1. The first-order valence-electron chi connectivity index (χ1n) is 9.13. The minimum Gasteiger partial charge on any atom is -0.449 e. The van der Waals surface area contributed by atoms with Gasteiger partial charge in [0.25, 0.3) is 5.91 Å². The highest BCUT2D eigenvalue weighted by Crippen LogP contribution is 2.18. The Morgan fingerprint density at radius 3 is 2.31 bits per heavy atom. The van der Waals surface area contributed by atoms with Crippen molar-refractivity contribution < 1.29 is 19.1 Å². The van der Waals surface area contributed by atoms with Gasteiger partial charge in [-0.05, 0) is 58.0 Å². The van der Waals surface area contributed by atoms with E-state index in [0.717, 1.165) is 11.4 Å². The van der Waals surface area contributed by atoms with Crippen molar-refractivity contribution in [2.45, 2.75) is 33.8 Å². The molecule has 0 aliphatic carbocycles. The first-order chi connectivity index (χ1) is 13.8. The molecule has 0 aliphatic rings. The fourth-order valence-corrected chi connectivity index (χ4v) is 2.77. The third-order valence-electron chi connectivity index (χ3n) is 4.53. The summed E-state index contributed by atoms with van der Waals surface area (Å²) in [6.45, 7) is 6.60. The van der Waals surface area contributed by atoms with Crippen LogP contribution in [-0.2, 0) is 9.53 Å². The predicted octanol–water partition coefficient (Wildman–Crippen LogP) is 3.63. The molecule has 1 aromatic heterocycles. The molecule has 3 aromatic rings. The van der Waals surface area contributed by atoms with Gasteiger partial charge in [-0.15, -0.1) is 0 Å². The van der Waals surface area contributed by atoms with E-state index >= 15 is 0 Å². The average Bonchev–Trinajstić information content (AvgIpc) is 2.68.